The standard InChI is InChI=1S/C10H17FN2O3S/c11-5-7-9(15)6(14)4-8(16-7)17-10(12)13-2-1-3-13/h6-9,12,14-15H,1-5H2/t6?,7?,8-,9+/m1/s1. The molecule has 3 N–H and O–H groups in total. The molecule has 0 amide bonds. The summed E-state index contributed by atoms with van der Waals surface area (Å²) < 4.78 is 17.9. The molecule has 0 saturated carbocycles. The summed E-state index contributed by atoms with van der Waals surface area (Å²) in [6.07, 6.45) is -1.83. The molecule has 2 unspecified atom stereocenters. The number of likely N-dealkylation sites (tertiary alicyclic amines) is 1. The highest BCUT2D eigenvalue weighted by molar-refractivity contribution is 8.14. The van der Waals surface area contributed by atoms with Crippen LogP contribution in [0.3, 0.4) is 0 Å². The Hall–Kier alpha value is -0.370. The quantitative estimate of drug-likeness (QED) is 0.489. The van der Waals surface area contributed by atoms with Crippen molar-refractivity contribution in [2.45, 2.75) is 36.6 Å². The van der Waals surface area contributed by atoms with Crippen molar-refractivity contribution in [3.63, 3.8) is 0 Å². The van der Waals surface area contributed by atoms with E-state index in [4.69, 9.17) is 10.1 Å². The van der Waals surface area contributed by atoms with Crippen LogP contribution in [0.5, 0.6) is 0 Å². The van der Waals surface area contributed by atoms with Crippen molar-refractivity contribution in [1.82, 2.24) is 4.90 Å². The van der Waals surface area contributed by atoms with Crippen LogP contribution >= 0.6 is 11.8 Å². The summed E-state index contributed by atoms with van der Waals surface area (Å²) in [6.45, 7) is 0.916. The molecule has 0 aromatic heterocycles. The van der Waals surface area contributed by atoms with E-state index in [2.05, 4.69) is 0 Å². The minimum Gasteiger partial charge on any atom is -0.390 e. The van der Waals surface area contributed by atoms with Crippen LogP contribution in [0, 0.1) is 5.41 Å². The summed E-state index contributed by atoms with van der Waals surface area (Å²) >= 11 is 1.18. The summed E-state index contributed by atoms with van der Waals surface area (Å²) in [6, 6.07) is 0. The molecule has 98 valence electrons. The van der Waals surface area contributed by atoms with E-state index >= 15 is 0 Å². The van der Waals surface area contributed by atoms with Crippen molar-refractivity contribution in [2.24, 2.45) is 0 Å². The Morgan fingerprint density at radius 1 is 1.47 bits per heavy atom. The van der Waals surface area contributed by atoms with Gasteiger partial charge in [-0.25, -0.2) is 4.39 Å². The van der Waals surface area contributed by atoms with E-state index in [1.54, 1.807) is 0 Å². The normalized spacial score (nSPS) is 37.7. The van der Waals surface area contributed by atoms with Crippen LogP contribution in [0.15, 0.2) is 0 Å². The molecule has 5 nitrogen and oxygen atoms in total. The van der Waals surface area contributed by atoms with E-state index in [1.165, 1.54) is 11.8 Å². The summed E-state index contributed by atoms with van der Waals surface area (Å²) in [5.74, 6) is 0. The van der Waals surface area contributed by atoms with Gasteiger partial charge in [0.1, 0.15) is 24.3 Å². The number of halogens is 1. The van der Waals surface area contributed by atoms with E-state index in [-0.39, 0.29) is 6.42 Å². The maximum atomic E-state index is 12.6. The fourth-order valence-electron chi connectivity index (χ4n) is 1.84. The molecule has 17 heavy (non-hydrogen) atoms. The van der Waals surface area contributed by atoms with Crippen LogP contribution in [-0.4, -0.2) is 63.8 Å². The first-order valence-electron chi connectivity index (χ1n) is 5.69. The van der Waals surface area contributed by atoms with E-state index < -0.39 is 30.4 Å². The van der Waals surface area contributed by atoms with Crippen LogP contribution in [0.1, 0.15) is 12.8 Å². The molecule has 2 aliphatic heterocycles. The zero-order valence-electron chi connectivity index (χ0n) is 9.38. The third-order valence-electron chi connectivity index (χ3n) is 3.07. The molecule has 0 aliphatic carbocycles. The number of amidine groups is 1. The molecule has 2 fully saturated rings. The Kier molecular flexibility index (Phi) is 4.24. The summed E-state index contributed by atoms with van der Waals surface area (Å²) in [5.41, 5.74) is -0.456. The molecule has 0 bridgehead atoms. The lowest BCUT2D eigenvalue weighted by Gasteiger charge is -2.38. The van der Waals surface area contributed by atoms with Crippen LogP contribution in [0.2, 0.25) is 0 Å². The number of rotatable bonds is 2. The molecule has 2 rings (SSSR count). The van der Waals surface area contributed by atoms with Crippen molar-refractivity contribution in [3.8, 4) is 0 Å². The monoisotopic (exact) mass is 264 g/mol. The highest BCUT2D eigenvalue weighted by Crippen LogP contribution is 2.30. The van der Waals surface area contributed by atoms with Gasteiger partial charge in [0.15, 0.2) is 5.17 Å². The van der Waals surface area contributed by atoms with E-state index in [1.807, 2.05) is 4.90 Å². The van der Waals surface area contributed by atoms with Gasteiger partial charge in [-0.15, -0.1) is 0 Å². The predicted molar refractivity (Wildman–Crippen MR) is 62.8 cm³/mol. The van der Waals surface area contributed by atoms with Gasteiger partial charge in [0, 0.05) is 19.5 Å². The van der Waals surface area contributed by atoms with Gasteiger partial charge in [-0.05, 0) is 6.42 Å². The lowest BCUT2D eigenvalue weighted by Crippen LogP contribution is -2.49. The Morgan fingerprint density at radius 2 is 2.18 bits per heavy atom. The minimum atomic E-state index is -1.17. The number of thioether (sulfide) groups is 1. The number of hydrogen-bond acceptors (Lipinski definition) is 5. The summed E-state index contributed by atoms with van der Waals surface area (Å²) in [5, 5.41) is 27.2. The van der Waals surface area contributed by atoms with Crippen molar-refractivity contribution >= 4 is 16.9 Å². The number of nitrogens with zero attached hydrogens (tertiary/aromatic N) is 1. The zero-order chi connectivity index (χ0) is 12.4. The highest BCUT2D eigenvalue weighted by atomic mass is 32.2. The van der Waals surface area contributed by atoms with Gasteiger partial charge in [-0.2, -0.15) is 0 Å². The van der Waals surface area contributed by atoms with E-state index in [0.29, 0.717) is 5.17 Å². The molecule has 0 radical (unpaired) electrons. The van der Waals surface area contributed by atoms with Crippen LogP contribution in [0.4, 0.5) is 4.39 Å². The second-order valence-electron chi connectivity index (χ2n) is 4.32. The largest absolute Gasteiger partial charge is 0.390 e. The third-order valence-corrected chi connectivity index (χ3v) is 4.12. The van der Waals surface area contributed by atoms with Gasteiger partial charge in [0.05, 0.1) is 6.10 Å². The average Bonchev–Trinajstić information content (AvgIpc) is 2.20. The molecule has 2 heterocycles. The smallest absolute Gasteiger partial charge is 0.158 e. The van der Waals surface area contributed by atoms with Gasteiger partial charge in [-0.3, -0.25) is 5.41 Å². The number of nitrogens with one attached hydrogen (secondary N) is 1. The average molecular weight is 264 g/mol. The molecule has 0 aromatic rings. The molecule has 2 saturated heterocycles. The lowest BCUT2D eigenvalue weighted by molar-refractivity contribution is -0.149. The number of hydrogen-bond donors (Lipinski definition) is 3. The number of ether oxygens (including phenoxy) is 1. The van der Waals surface area contributed by atoms with Crippen molar-refractivity contribution in [1.29, 1.82) is 5.41 Å². The first-order chi connectivity index (χ1) is 8.11. The number of alkyl halides is 1. The molecule has 0 spiro atoms. The van der Waals surface area contributed by atoms with Gasteiger partial charge in [0.25, 0.3) is 0 Å². The first kappa shape index (κ1) is 13.1. The topological polar surface area (TPSA) is 76.8 Å². The maximum absolute atomic E-state index is 12.6. The van der Waals surface area contributed by atoms with Gasteiger partial charge < -0.3 is 19.8 Å². The van der Waals surface area contributed by atoms with Crippen LogP contribution in [-0.2, 0) is 4.74 Å². The van der Waals surface area contributed by atoms with Crippen LogP contribution in [0.25, 0.3) is 0 Å². The second-order valence-corrected chi connectivity index (χ2v) is 5.46. The van der Waals surface area contributed by atoms with Crippen molar-refractivity contribution in [2.75, 3.05) is 19.8 Å². The van der Waals surface area contributed by atoms with Gasteiger partial charge in [0.2, 0.25) is 0 Å². The Balaban J connectivity index is 1.86. The van der Waals surface area contributed by atoms with Gasteiger partial charge in [-0.1, -0.05) is 11.8 Å². The highest BCUT2D eigenvalue weighted by Gasteiger charge is 2.38. The predicted octanol–water partition coefficient (Wildman–Crippen LogP) is 0.166. The first-order valence-corrected chi connectivity index (χ1v) is 6.57. The lowest BCUT2D eigenvalue weighted by atomic mass is 10.0. The maximum Gasteiger partial charge on any atom is 0.158 e. The Bertz CT molecular complexity index is 291. The third kappa shape index (κ3) is 2.90. The zero-order valence-corrected chi connectivity index (χ0v) is 10.2. The second kappa shape index (κ2) is 5.51. The fraction of sp³-hybridized carbons (Fsp3) is 0.900. The minimum absolute atomic E-state index is 0.221. The van der Waals surface area contributed by atoms with E-state index in [9.17, 15) is 14.6 Å². The molecule has 2 aliphatic rings. The Labute approximate surface area is 103 Å². The molecular formula is C10H17FN2O3S. The summed E-state index contributed by atoms with van der Waals surface area (Å²) in [7, 11) is 0. The van der Waals surface area contributed by atoms with Crippen LogP contribution < -0.4 is 0 Å². The van der Waals surface area contributed by atoms with Gasteiger partial charge >= 0.3 is 0 Å². The number of aliphatic hydroxyl groups excluding tert-OH is 2. The Morgan fingerprint density at radius 3 is 2.71 bits per heavy atom. The molecule has 4 atom stereocenters. The number of aliphatic hydroxyl groups is 2. The molecular weight excluding hydrogens is 247 g/mol. The fourth-order valence-corrected chi connectivity index (χ4v) is 2.91. The van der Waals surface area contributed by atoms with Crippen molar-refractivity contribution in [3.05, 3.63) is 0 Å². The molecule has 0 aromatic carbocycles. The summed E-state index contributed by atoms with van der Waals surface area (Å²) in [4.78, 5) is 1.90. The van der Waals surface area contributed by atoms with Crippen molar-refractivity contribution < 1.29 is 19.3 Å². The molecule has 7 heteroatoms. The SMILES string of the molecule is N=C(S[C@@H]1CC(O)[C@H](O)C(CF)O1)N1CCC1. The van der Waals surface area contributed by atoms with E-state index in [0.717, 1.165) is 19.5 Å².